The minimum atomic E-state index is 0.301. The molecule has 1 aromatic heterocycles. The Labute approximate surface area is 152 Å². The Hall–Kier alpha value is -1.85. The number of rotatable bonds is 9. The Morgan fingerprint density at radius 3 is 2.60 bits per heavy atom. The molecule has 2 rings (SSSR count). The van der Waals surface area contributed by atoms with Crippen LogP contribution in [0, 0.1) is 5.92 Å². The number of anilines is 2. The van der Waals surface area contributed by atoms with Crippen LogP contribution in [-0.2, 0) is 4.79 Å². The van der Waals surface area contributed by atoms with Crippen LogP contribution in [0.3, 0.4) is 0 Å². The van der Waals surface area contributed by atoms with Gasteiger partial charge in [-0.3, -0.25) is 4.79 Å². The number of hydrogen-bond acceptors (Lipinski definition) is 5. The summed E-state index contributed by atoms with van der Waals surface area (Å²) in [6.07, 6.45) is 6.68. The SMILES string of the molecule is CCCNc1cc(N2CCC(CCC(=O)N(CC)CC)CC2)ncn1. The molecule has 1 fully saturated rings. The largest absolute Gasteiger partial charge is 0.370 e. The first-order chi connectivity index (χ1) is 12.2. The van der Waals surface area contributed by atoms with Crippen molar-refractivity contribution in [2.24, 2.45) is 5.92 Å². The van der Waals surface area contributed by atoms with Crippen LogP contribution in [0.4, 0.5) is 11.6 Å². The third kappa shape index (κ3) is 5.87. The van der Waals surface area contributed by atoms with Gasteiger partial charge >= 0.3 is 0 Å². The van der Waals surface area contributed by atoms with Crippen LogP contribution in [0.1, 0.15) is 52.9 Å². The minimum Gasteiger partial charge on any atom is -0.370 e. The summed E-state index contributed by atoms with van der Waals surface area (Å²) in [7, 11) is 0. The molecule has 0 unspecified atom stereocenters. The molecule has 0 atom stereocenters. The summed E-state index contributed by atoms with van der Waals surface area (Å²) in [5, 5.41) is 3.32. The van der Waals surface area contributed by atoms with Crippen LogP contribution in [0.15, 0.2) is 12.4 Å². The molecule has 6 heteroatoms. The number of amides is 1. The molecule has 1 saturated heterocycles. The van der Waals surface area contributed by atoms with Crippen molar-refractivity contribution in [1.29, 1.82) is 0 Å². The Bertz CT molecular complexity index is 524. The summed E-state index contributed by atoms with van der Waals surface area (Å²) >= 11 is 0. The van der Waals surface area contributed by atoms with Crippen LogP contribution in [-0.4, -0.2) is 53.5 Å². The van der Waals surface area contributed by atoms with E-state index in [2.05, 4.69) is 27.1 Å². The minimum absolute atomic E-state index is 0.301. The van der Waals surface area contributed by atoms with Gasteiger partial charge < -0.3 is 15.1 Å². The smallest absolute Gasteiger partial charge is 0.222 e. The topological polar surface area (TPSA) is 61.4 Å². The quantitative estimate of drug-likeness (QED) is 0.743. The van der Waals surface area contributed by atoms with E-state index in [-0.39, 0.29) is 0 Å². The molecule has 1 amide bonds. The second kappa shape index (κ2) is 10.2. The summed E-state index contributed by atoms with van der Waals surface area (Å²) in [5.74, 6) is 2.86. The van der Waals surface area contributed by atoms with Crippen molar-refractivity contribution >= 4 is 17.5 Å². The average molecular weight is 348 g/mol. The van der Waals surface area contributed by atoms with Crippen LogP contribution < -0.4 is 10.2 Å². The van der Waals surface area contributed by atoms with Gasteiger partial charge in [0.15, 0.2) is 0 Å². The van der Waals surface area contributed by atoms with E-state index in [1.54, 1.807) is 6.33 Å². The Morgan fingerprint density at radius 2 is 1.96 bits per heavy atom. The molecule has 0 saturated carbocycles. The summed E-state index contributed by atoms with van der Waals surface area (Å²) in [6.45, 7) is 10.8. The third-order valence-corrected chi connectivity index (χ3v) is 5.03. The summed E-state index contributed by atoms with van der Waals surface area (Å²) in [6, 6.07) is 2.04. The zero-order valence-electron chi connectivity index (χ0n) is 16.0. The van der Waals surface area contributed by atoms with Gasteiger partial charge in [0, 0.05) is 45.2 Å². The molecular formula is C19H33N5O. The predicted octanol–water partition coefficient (Wildman–Crippen LogP) is 3.16. The summed E-state index contributed by atoms with van der Waals surface area (Å²) < 4.78 is 0. The first kappa shape index (κ1) is 19.5. The van der Waals surface area contributed by atoms with E-state index in [0.29, 0.717) is 18.2 Å². The second-order valence-corrected chi connectivity index (χ2v) is 6.72. The highest BCUT2D eigenvalue weighted by Crippen LogP contribution is 2.26. The normalized spacial score (nSPS) is 15.2. The van der Waals surface area contributed by atoms with Crippen LogP contribution in [0.2, 0.25) is 0 Å². The molecule has 1 aliphatic rings. The molecule has 0 bridgehead atoms. The number of hydrogen-bond donors (Lipinski definition) is 1. The van der Waals surface area contributed by atoms with Crippen LogP contribution in [0.25, 0.3) is 0 Å². The van der Waals surface area contributed by atoms with Crippen molar-refractivity contribution in [2.75, 3.05) is 42.9 Å². The lowest BCUT2D eigenvalue weighted by atomic mass is 9.92. The first-order valence-electron chi connectivity index (χ1n) is 9.76. The molecule has 6 nitrogen and oxygen atoms in total. The number of nitrogens with one attached hydrogen (secondary N) is 1. The highest BCUT2D eigenvalue weighted by atomic mass is 16.2. The van der Waals surface area contributed by atoms with Crippen molar-refractivity contribution in [3.8, 4) is 0 Å². The number of carbonyl (C=O) groups is 1. The van der Waals surface area contributed by atoms with Gasteiger partial charge in [-0.25, -0.2) is 9.97 Å². The van der Waals surface area contributed by atoms with Gasteiger partial charge in [-0.15, -0.1) is 0 Å². The number of nitrogens with zero attached hydrogens (tertiary/aromatic N) is 4. The Morgan fingerprint density at radius 1 is 1.24 bits per heavy atom. The van der Waals surface area contributed by atoms with Gasteiger partial charge in [-0.1, -0.05) is 6.92 Å². The van der Waals surface area contributed by atoms with Crippen molar-refractivity contribution in [3.63, 3.8) is 0 Å². The number of aromatic nitrogens is 2. The molecule has 2 heterocycles. The maximum Gasteiger partial charge on any atom is 0.222 e. The van der Waals surface area contributed by atoms with E-state index < -0.39 is 0 Å². The Balaban J connectivity index is 1.78. The van der Waals surface area contributed by atoms with E-state index in [9.17, 15) is 4.79 Å². The van der Waals surface area contributed by atoms with Crippen molar-refractivity contribution < 1.29 is 4.79 Å². The summed E-state index contributed by atoms with van der Waals surface area (Å²) in [4.78, 5) is 25.1. The highest BCUT2D eigenvalue weighted by molar-refractivity contribution is 5.76. The predicted molar refractivity (Wildman–Crippen MR) is 103 cm³/mol. The fraction of sp³-hybridized carbons (Fsp3) is 0.737. The lowest BCUT2D eigenvalue weighted by Crippen LogP contribution is -2.35. The zero-order valence-corrected chi connectivity index (χ0v) is 16.0. The Kier molecular flexibility index (Phi) is 7.95. The molecule has 1 N–H and O–H groups in total. The second-order valence-electron chi connectivity index (χ2n) is 6.72. The first-order valence-corrected chi connectivity index (χ1v) is 9.76. The van der Waals surface area contributed by atoms with E-state index in [0.717, 1.165) is 70.0 Å². The monoisotopic (exact) mass is 347 g/mol. The number of piperidine rings is 1. The van der Waals surface area contributed by atoms with Gasteiger partial charge in [0.2, 0.25) is 5.91 Å². The van der Waals surface area contributed by atoms with Crippen molar-refractivity contribution in [2.45, 2.75) is 52.9 Å². The zero-order chi connectivity index (χ0) is 18.1. The molecule has 0 spiro atoms. The summed E-state index contributed by atoms with van der Waals surface area (Å²) in [5.41, 5.74) is 0. The van der Waals surface area contributed by atoms with E-state index in [1.165, 1.54) is 0 Å². The average Bonchev–Trinajstić information content (AvgIpc) is 2.66. The molecule has 140 valence electrons. The van der Waals surface area contributed by atoms with Crippen LogP contribution >= 0.6 is 0 Å². The van der Waals surface area contributed by atoms with Crippen molar-refractivity contribution in [3.05, 3.63) is 12.4 Å². The third-order valence-electron chi connectivity index (χ3n) is 5.03. The van der Waals surface area contributed by atoms with Gasteiger partial charge in [0.05, 0.1) is 0 Å². The van der Waals surface area contributed by atoms with E-state index in [4.69, 9.17) is 0 Å². The highest BCUT2D eigenvalue weighted by Gasteiger charge is 2.22. The fourth-order valence-electron chi connectivity index (χ4n) is 3.38. The molecule has 0 radical (unpaired) electrons. The molecule has 1 aliphatic heterocycles. The maximum atomic E-state index is 12.1. The van der Waals surface area contributed by atoms with Gasteiger partial charge in [-0.2, -0.15) is 0 Å². The standard InChI is InChI=1S/C19H33N5O/c1-4-11-20-17-14-18(22-15-21-17)24-12-9-16(10-13-24)7-8-19(25)23(5-2)6-3/h14-16H,4-13H2,1-3H3,(H,20,21,22). The van der Waals surface area contributed by atoms with E-state index in [1.807, 2.05) is 24.8 Å². The molecular weight excluding hydrogens is 314 g/mol. The van der Waals surface area contributed by atoms with Gasteiger partial charge in [-0.05, 0) is 45.4 Å². The van der Waals surface area contributed by atoms with E-state index >= 15 is 0 Å². The lowest BCUT2D eigenvalue weighted by Gasteiger charge is -2.33. The maximum absolute atomic E-state index is 12.1. The lowest BCUT2D eigenvalue weighted by molar-refractivity contribution is -0.131. The molecule has 0 aliphatic carbocycles. The molecule has 0 aromatic carbocycles. The number of carbonyl (C=O) groups excluding carboxylic acids is 1. The van der Waals surface area contributed by atoms with Gasteiger partial charge in [0.25, 0.3) is 0 Å². The molecule has 1 aromatic rings. The van der Waals surface area contributed by atoms with Gasteiger partial charge in [0.1, 0.15) is 18.0 Å². The molecule has 25 heavy (non-hydrogen) atoms. The van der Waals surface area contributed by atoms with Crippen molar-refractivity contribution in [1.82, 2.24) is 14.9 Å². The fourth-order valence-corrected chi connectivity index (χ4v) is 3.38. The van der Waals surface area contributed by atoms with Crippen LogP contribution in [0.5, 0.6) is 0 Å².